The number of hydrogen-bond acceptors (Lipinski definition) is 6. The number of benzene rings is 1. The molecule has 4 aromatic rings. The zero-order valence-electron chi connectivity index (χ0n) is 15.2. The predicted octanol–water partition coefficient (Wildman–Crippen LogP) is 2.31. The van der Waals surface area contributed by atoms with Gasteiger partial charge in [-0.2, -0.15) is 4.73 Å². The molecular formula is C20H14FN5O3. The summed E-state index contributed by atoms with van der Waals surface area (Å²) in [6, 6.07) is 7.31. The van der Waals surface area contributed by atoms with Crippen LogP contribution in [0.4, 0.5) is 4.39 Å². The smallest absolute Gasteiger partial charge is 0.366 e. The van der Waals surface area contributed by atoms with E-state index in [1.807, 2.05) is 0 Å². The fourth-order valence-corrected chi connectivity index (χ4v) is 3.00. The van der Waals surface area contributed by atoms with Crippen LogP contribution in [0.15, 0.2) is 55.1 Å². The number of nitrogens with two attached hydrogens (primary N) is 1. The average Bonchev–Trinajstić information content (AvgIpc) is 2.99. The molecule has 0 spiro atoms. The zero-order chi connectivity index (χ0) is 20.5. The first-order valence-electron chi connectivity index (χ1n) is 8.51. The second kappa shape index (κ2) is 7.12. The van der Waals surface area contributed by atoms with Crippen LogP contribution in [-0.4, -0.2) is 31.6 Å². The van der Waals surface area contributed by atoms with Gasteiger partial charge in [0.15, 0.2) is 5.82 Å². The Morgan fingerprint density at radius 3 is 2.55 bits per heavy atom. The van der Waals surface area contributed by atoms with E-state index in [9.17, 15) is 14.0 Å². The summed E-state index contributed by atoms with van der Waals surface area (Å²) in [6.07, 6.45) is 5.89. The number of aromatic nitrogens is 4. The lowest BCUT2D eigenvalue weighted by molar-refractivity contribution is 0.0471. The number of carbonyl (C=O) groups excluding carboxylic acids is 2. The lowest BCUT2D eigenvalue weighted by atomic mass is 10.1. The monoisotopic (exact) mass is 391 g/mol. The Bertz CT molecular complexity index is 1240. The SMILES string of the molecule is Cc1c(C(N)=O)c2cc(F)ccc2n1OC(=O)c1cnc(-c2cccnc2)nc1. The molecule has 4 rings (SSSR count). The molecule has 0 atom stereocenters. The van der Waals surface area contributed by atoms with Gasteiger partial charge in [-0.3, -0.25) is 9.78 Å². The van der Waals surface area contributed by atoms with E-state index < -0.39 is 17.7 Å². The van der Waals surface area contributed by atoms with Gasteiger partial charge in [-0.25, -0.2) is 19.2 Å². The predicted molar refractivity (Wildman–Crippen MR) is 101 cm³/mol. The molecule has 144 valence electrons. The van der Waals surface area contributed by atoms with Gasteiger partial charge in [-0.15, -0.1) is 0 Å². The van der Waals surface area contributed by atoms with Crippen molar-refractivity contribution in [1.82, 2.24) is 19.7 Å². The van der Waals surface area contributed by atoms with Crippen molar-refractivity contribution in [2.24, 2.45) is 5.73 Å². The first kappa shape index (κ1) is 18.2. The summed E-state index contributed by atoms with van der Waals surface area (Å²) in [6.45, 7) is 1.55. The van der Waals surface area contributed by atoms with E-state index in [4.69, 9.17) is 10.6 Å². The number of hydrogen-bond donors (Lipinski definition) is 1. The Kier molecular flexibility index (Phi) is 4.47. The second-order valence-corrected chi connectivity index (χ2v) is 6.20. The number of rotatable bonds is 4. The average molecular weight is 391 g/mol. The minimum Gasteiger partial charge on any atom is -0.366 e. The summed E-state index contributed by atoms with van der Waals surface area (Å²) >= 11 is 0. The van der Waals surface area contributed by atoms with Gasteiger partial charge < -0.3 is 10.6 Å². The number of primary amides is 1. The molecule has 0 aliphatic heterocycles. The first-order valence-corrected chi connectivity index (χ1v) is 8.51. The minimum absolute atomic E-state index is 0.0791. The molecule has 3 aromatic heterocycles. The van der Waals surface area contributed by atoms with Gasteiger partial charge in [0.05, 0.1) is 22.3 Å². The highest BCUT2D eigenvalue weighted by Crippen LogP contribution is 2.26. The maximum atomic E-state index is 13.6. The molecule has 0 bridgehead atoms. The standard InChI is InChI=1S/C20H14FN5O3/c1-11-17(18(22)27)15-7-14(21)4-5-16(15)26(11)29-20(28)13-9-24-19(25-10-13)12-3-2-6-23-8-12/h2-10H,1H3,(H2,22,27). The van der Waals surface area contributed by atoms with E-state index in [1.54, 1.807) is 31.5 Å². The third-order valence-electron chi connectivity index (χ3n) is 4.34. The van der Waals surface area contributed by atoms with Crippen LogP contribution in [0.1, 0.15) is 26.4 Å². The molecule has 0 unspecified atom stereocenters. The maximum Gasteiger partial charge on any atom is 0.366 e. The van der Waals surface area contributed by atoms with E-state index in [0.29, 0.717) is 16.9 Å². The first-order chi connectivity index (χ1) is 14.0. The van der Waals surface area contributed by atoms with Crippen molar-refractivity contribution in [3.05, 3.63) is 77.8 Å². The Balaban J connectivity index is 1.68. The number of halogens is 1. The fourth-order valence-electron chi connectivity index (χ4n) is 3.00. The van der Waals surface area contributed by atoms with Crippen molar-refractivity contribution in [3.8, 4) is 11.4 Å². The van der Waals surface area contributed by atoms with Crippen LogP contribution in [0.2, 0.25) is 0 Å². The number of nitrogens with zero attached hydrogens (tertiary/aromatic N) is 4. The molecule has 0 saturated carbocycles. The van der Waals surface area contributed by atoms with Gasteiger partial charge in [0.1, 0.15) is 5.82 Å². The Labute approximate surface area is 163 Å². The van der Waals surface area contributed by atoms with Gasteiger partial charge in [-0.1, -0.05) is 0 Å². The topological polar surface area (TPSA) is 113 Å². The molecule has 1 amide bonds. The van der Waals surface area contributed by atoms with E-state index in [1.165, 1.54) is 30.6 Å². The Morgan fingerprint density at radius 2 is 1.90 bits per heavy atom. The third-order valence-corrected chi connectivity index (χ3v) is 4.34. The summed E-state index contributed by atoms with van der Waals surface area (Å²) < 4.78 is 14.8. The summed E-state index contributed by atoms with van der Waals surface area (Å²) in [5.41, 5.74) is 6.91. The molecule has 29 heavy (non-hydrogen) atoms. The molecule has 0 aliphatic rings. The Hall–Kier alpha value is -4.14. The minimum atomic E-state index is -0.753. The maximum absolute atomic E-state index is 13.6. The highest BCUT2D eigenvalue weighted by atomic mass is 19.1. The lowest BCUT2D eigenvalue weighted by Gasteiger charge is -2.09. The van der Waals surface area contributed by atoms with Crippen molar-refractivity contribution >= 4 is 22.8 Å². The van der Waals surface area contributed by atoms with Crippen LogP contribution in [0, 0.1) is 12.7 Å². The number of pyridine rings is 1. The van der Waals surface area contributed by atoms with Crippen LogP contribution >= 0.6 is 0 Å². The summed E-state index contributed by atoms with van der Waals surface area (Å²) in [7, 11) is 0. The lowest BCUT2D eigenvalue weighted by Crippen LogP contribution is -2.22. The van der Waals surface area contributed by atoms with E-state index in [2.05, 4.69) is 15.0 Å². The molecule has 0 saturated heterocycles. The van der Waals surface area contributed by atoms with Crippen molar-refractivity contribution in [1.29, 1.82) is 0 Å². The molecule has 2 N–H and O–H groups in total. The third kappa shape index (κ3) is 3.29. The summed E-state index contributed by atoms with van der Waals surface area (Å²) in [5.74, 6) is -1.63. The molecule has 1 aromatic carbocycles. The van der Waals surface area contributed by atoms with Gasteiger partial charge in [0.2, 0.25) is 0 Å². The molecule has 0 aliphatic carbocycles. The quantitative estimate of drug-likeness (QED) is 0.571. The molecular weight excluding hydrogens is 377 g/mol. The van der Waals surface area contributed by atoms with E-state index in [-0.39, 0.29) is 22.2 Å². The fraction of sp³-hybridized carbons (Fsp3) is 0.0500. The van der Waals surface area contributed by atoms with Gasteiger partial charge in [0, 0.05) is 35.7 Å². The zero-order valence-corrected chi connectivity index (χ0v) is 15.2. The van der Waals surface area contributed by atoms with Gasteiger partial charge in [0.25, 0.3) is 5.91 Å². The second-order valence-electron chi connectivity index (χ2n) is 6.20. The van der Waals surface area contributed by atoms with Crippen molar-refractivity contribution in [3.63, 3.8) is 0 Å². The summed E-state index contributed by atoms with van der Waals surface area (Å²) in [4.78, 5) is 42.1. The summed E-state index contributed by atoms with van der Waals surface area (Å²) in [5, 5.41) is 0.256. The molecule has 9 heteroatoms. The molecule has 0 radical (unpaired) electrons. The molecule has 0 fully saturated rings. The largest absolute Gasteiger partial charge is 0.366 e. The van der Waals surface area contributed by atoms with E-state index >= 15 is 0 Å². The van der Waals surface area contributed by atoms with E-state index in [0.717, 1.165) is 4.73 Å². The van der Waals surface area contributed by atoms with Crippen LogP contribution in [0.5, 0.6) is 0 Å². The number of fused-ring (bicyclic) bond motifs is 1. The number of amides is 1. The van der Waals surface area contributed by atoms with Gasteiger partial charge in [-0.05, 0) is 37.3 Å². The van der Waals surface area contributed by atoms with Crippen molar-refractivity contribution in [2.75, 3.05) is 0 Å². The normalized spacial score (nSPS) is 10.8. The highest BCUT2D eigenvalue weighted by molar-refractivity contribution is 6.07. The van der Waals surface area contributed by atoms with Crippen LogP contribution < -0.4 is 10.6 Å². The molecule has 8 nitrogen and oxygen atoms in total. The van der Waals surface area contributed by atoms with Crippen LogP contribution in [0.25, 0.3) is 22.3 Å². The number of carbonyl (C=O) groups is 2. The van der Waals surface area contributed by atoms with Gasteiger partial charge >= 0.3 is 5.97 Å². The Morgan fingerprint density at radius 1 is 1.14 bits per heavy atom. The van der Waals surface area contributed by atoms with Crippen molar-refractivity contribution < 1.29 is 18.8 Å². The van der Waals surface area contributed by atoms with Crippen LogP contribution in [-0.2, 0) is 0 Å². The highest BCUT2D eigenvalue weighted by Gasteiger charge is 2.22. The molecule has 3 heterocycles. The van der Waals surface area contributed by atoms with Crippen molar-refractivity contribution in [2.45, 2.75) is 6.92 Å². The van der Waals surface area contributed by atoms with Crippen LogP contribution in [0.3, 0.4) is 0 Å².